The lowest BCUT2D eigenvalue weighted by molar-refractivity contribution is -0.121. The summed E-state index contributed by atoms with van der Waals surface area (Å²) in [5.74, 6) is 0.804. The molecule has 0 atom stereocenters. The lowest BCUT2D eigenvalue weighted by Gasteiger charge is -2.11. The zero-order valence-corrected chi connectivity index (χ0v) is 17.2. The van der Waals surface area contributed by atoms with E-state index < -0.39 is 6.61 Å². The van der Waals surface area contributed by atoms with Gasteiger partial charge in [0.15, 0.2) is 11.5 Å². The van der Waals surface area contributed by atoms with Crippen molar-refractivity contribution in [2.75, 3.05) is 13.7 Å². The highest BCUT2D eigenvalue weighted by atomic mass is 19.3. The van der Waals surface area contributed by atoms with E-state index in [2.05, 4.69) is 20.3 Å². The largest absolute Gasteiger partial charge is 0.493 e. The van der Waals surface area contributed by atoms with Crippen molar-refractivity contribution >= 4 is 5.91 Å². The molecule has 2 aromatic carbocycles. The molecule has 3 aromatic rings. The summed E-state index contributed by atoms with van der Waals surface area (Å²) in [6.07, 6.45) is 0.963. The third kappa shape index (κ3) is 6.50. The monoisotopic (exact) mass is 431 g/mol. The zero-order chi connectivity index (χ0) is 22.2. The van der Waals surface area contributed by atoms with Crippen molar-refractivity contribution < 1.29 is 27.5 Å². The van der Waals surface area contributed by atoms with E-state index in [1.165, 1.54) is 13.2 Å². The van der Waals surface area contributed by atoms with E-state index in [1.807, 2.05) is 31.2 Å². The van der Waals surface area contributed by atoms with Crippen molar-refractivity contribution in [1.82, 2.24) is 15.5 Å². The lowest BCUT2D eigenvalue weighted by atomic mass is 10.1. The van der Waals surface area contributed by atoms with Crippen molar-refractivity contribution in [1.29, 1.82) is 0 Å². The molecule has 0 saturated carbocycles. The number of aromatic nitrogens is 2. The summed E-state index contributed by atoms with van der Waals surface area (Å²) in [5.41, 5.74) is 2.69. The van der Waals surface area contributed by atoms with E-state index in [9.17, 15) is 13.6 Å². The molecule has 3 rings (SSSR count). The van der Waals surface area contributed by atoms with Crippen molar-refractivity contribution in [3.63, 3.8) is 0 Å². The molecule has 1 heterocycles. The van der Waals surface area contributed by atoms with E-state index in [4.69, 9.17) is 9.15 Å². The Labute approximate surface area is 178 Å². The number of amides is 1. The quantitative estimate of drug-likeness (QED) is 0.523. The lowest BCUT2D eigenvalue weighted by Crippen LogP contribution is -2.25. The summed E-state index contributed by atoms with van der Waals surface area (Å²) in [5, 5.41) is 10.8. The van der Waals surface area contributed by atoms with Gasteiger partial charge in [-0.15, -0.1) is 10.2 Å². The molecule has 1 amide bonds. The summed E-state index contributed by atoms with van der Waals surface area (Å²) >= 11 is 0. The van der Waals surface area contributed by atoms with Crippen LogP contribution in [-0.4, -0.2) is 36.4 Å². The Morgan fingerprint density at radius 3 is 2.58 bits per heavy atom. The van der Waals surface area contributed by atoms with Crippen molar-refractivity contribution in [2.24, 2.45) is 0 Å². The molecule has 164 valence electrons. The number of nitrogens with one attached hydrogen (secondary N) is 1. The average Bonchev–Trinajstić information content (AvgIpc) is 3.22. The van der Waals surface area contributed by atoms with Gasteiger partial charge in [-0.05, 0) is 43.2 Å². The highest BCUT2D eigenvalue weighted by Gasteiger charge is 2.13. The number of rotatable bonds is 10. The van der Waals surface area contributed by atoms with Crippen LogP contribution >= 0.6 is 0 Å². The van der Waals surface area contributed by atoms with Crippen molar-refractivity contribution in [2.45, 2.75) is 32.8 Å². The predicted molar refractivity (Wildman–Crippen MR) is 109 cm³/mol. The Bertz CT molecular complexity index is 1010. The molecule has 0 aliphatic heterocycles. The maximum atomic E-state index is 12.5. The van der Waals surface area contributed by atoms with Crippen LogP contribution in [0.3, 0.4) is 0 Å². The number of alkyl halides is 2. The molecule has 0 unspecified atom stereocenters. The number of aryl methyl sites for hydroxylation is 2. The molecule has 0 saturated heterocycles. The summed E-state index contributed by atoms with van der Waals surface area (Å²) in [6, 6.07) is 12.5. The second-order valence-corrected chi connectivity index (χ2v) is 6.83. The van der Waals surface area contributed by atoms with Crippen LogP contribution in [0.2, 0.25) is 0 Å². The average molecular weight is 431 g/mol. The van der Waals surface area contributed by atoms with Gasteiger partial charge < -0.3 is 19.2 Å². The van der Waals surface area contributed by atoms with Gasteiger partial charge in [-0.3, -0.25) is 4.79 Å². The van der Waals surface area contributed by atoms with Crippen LogP contribution in [0.25, 0.3) is 11.5 Å². The minimum atomic E-state index is -2.94. The Morgan fingerprint density at radius 1 is 1.10 bits per heavy atom. The predicted octanol–water partition coefficient (Wildman–Crippen LogP) is 3.95. The first kappa shape index (κ1) is 22.2. The zero-order valence-electron chi connectivity index (χ0n) is 17.2. The molecule has 31 heavy (non-hydrogen) atoms. The second kappa shape index (κ2) is 10.5. The number of nitrogens with zero attached hydrogens (tertiary/aromatic N) is 2. The molecule has 9 heteroatoms. The molecular weight excluding hydrogens is 408 g/mol. The van der Waals surface area contributed by atoms with E-state index >= 15 is 0 Å². The van der Waals surface area contributed by atoms with Crippen LogP contribution in [0.15, 0.2) is 46.9 Å². The molecule has 0 radical (unpaired) electrons. The smallest absolute Gasteiger partial charge is 0.387 e. The molecule has 7 nitrogen and oxygen atoms in total. The normalized spacial score (nSPS) is 10.9. The number of benzene rings is 2. The first-order valence-electron chi connectivity index (χ1n) is 9.72. The first-order chi connectivity index (χ1) is 14.9. The van der Waals surface area contributed by atoms with Gasteiger partial charge in [0, 0.05) is 24.9 Å². The van der Waals surface area contributed by atoms with Gasteiger partial charge in [0.2, 0.25) is 17.7 Å². The fourth-order valence-corrected chi connectivity index (χ4v) is 2.89. The molecule has 0 fully saturated rings. The number of carbonyl (C=O) groups is 1. The number of halogens is 2. The van der Waals surface area contributed by atoms with Gasteiger partial charge in [-0.2, -0.15) is 8.78 Å². The molecule has 0 aliphatic carbocycles. The molecule has 1 N–H and O–H groups in total. The van der Waals surface area contributed by atoms with Crippen LogP contribution in [0.1, 0.15) is 23.4 Å². The SMILES string of the molecule is COc1ccc(CCNC(=O)CCc2nnc(-c3ccc(C)cc3)o2)cc1OC(F)F. The number of hydrogen-bond donors (Lipinski definition) is 1. The van der Waals surface area contributed by atoms with Gasteiger partial charge in [-0.1, -0.05) is 23.8 Å². The van der Waals surface area contributed by atoms with Gasteiger partial charge in [0.05, 0.1) is 7.11 Å². The van der Waals surface area contributed by atoms with Gasteiger partial charge in [-0.25, -0.2) is 0 Å². The Morgan fingerprint density at radius 2 is 1.87 bits per heavy atom. The van der Waals surface area contributed by atoms with Crippen LogP contribution in [0, 0.1) is 6.92 Å². The number of methoxy groups -OCH3 is 1. The Kier molecular flexibility index (Phi) is 7.53. The third-order valence-electron chi connectivity index (χ3n) is 4.51. The van der Waals surface area contributed by atoms with E-state index in [1.54, 1.807) is 12.1 Å². The second-order valence-electron chi connectivity index (χ2n) is 6.83. The molecular formula is C22H23F2N3O4. The summed E-state index contributed by atoms with van der Waals surface area (Å²) < 4.78 is 40.1. The molecule has 0 spiro atoms. The minimum absolute atomic E-state index is 0.0397. The Hall–Kier alpha value is -3.49. The van der Waals surface area contributed by atoms with Crippen LogP contribution in [-0.2, 0) is 17.6 Å². The fraction of sp³-hybridized carbons (Fsp3) is 0.318. The van der Waals surface area contributed by atoms with Crippen LogP contribution in [0.4, 0.5) is 8.78 Å². The van der Waals surface area contributed by atoms with E-state index in [0.717, 1.165) is 16.7 Å². The van der Waals surface area contributed by atoms with Crippen molar-refractivity contribution in [3.05, 3.63) is 59.5 Å². The Balaban J connectivity index is 1.45. The van der Waals surface area contributed by atoms with E-state index in [-0.39, 0.29) is 23.8 Å². The van der Waals surface area contributed by atoms with Crippen molar-refractivity contribution in [3.8, 4) is 23.0 Å². The topological polar surface area (TPSA) is 86.5 Å². The summed E-state index contributed by atoms with van der Waals surface area (Å²) in [6.45, 7) is -0.607. The third-order valence-corrected chi connectivity index (χ3v) is 4.51. The molecule has 1 aromatic heterocycles. The highest BCUT2D eigenvalue weighted by molar-refractivity contribution is 5.76. The minimum Gasteiger partial charge on any atom is -0.493 e. The standard InChI is InChI=1S/C22H23F2N3O4/c1-14-3-6-16(7-4-14)21-27-26-20(31-21)10-9-19(28)25-12-11-15-5-8-17(29-2)18(13-15)30-22(23)24/h3-8,13,22H,9-12H2,1-2H3,(H,25,28). The van der Waals surface area contributed by atoms with Gasteiger partial charge in [0.1, 0.15) is 0 Å². The maximum Gasteiger partial charge on any atom is 0.387 e. The highest BCUT2D eigenvalue weighted by Crippen LogP contribution is 2.29. The maximum absolute atomic E-state index is 12.5. The number of hydrogen-bond acceptors (Lipinski definition) is 6. The van der Waals surface area contributed by atoms with E-state index in [0.29, 0.717) is 31.2 Å². The fourth-order valence-electron chi connectivity index (χ4n) is 2.89. The first-order valence-corrected chi connectivity index (χ1v) is 9.72. The van der Waals surface area contributed by atoms with Gasteiger partial charge in [0.25, 0.3) is 0 Å². The summed E-state index contributed by atoms with van der Waals surface area (Å²) in [7, 11) is 1.38. The number of carbonyl (C=O) groups excluding carboxylic acids is 1. The molecule has 0 aliphatic rings. The van der Waals surface area contributed by atoms with Gasteiger partial charge >= 0.3 is 6.61 Å². The summed E-state index contributed by atoms with van der Waals surface area (Å²) in [4.78, 5) is 12.1. The van der Waals surface area contributed by atoms with Crippen LogP contribution in [0.5, 0.6) is 11.5 Å². The molecule has 0 bridgehead atoms. The number of ether oxygens (including phenoxy) is 2. The van der Waals surface area contributed by atoms with Crippen LogP contribution < -0.4 is 14.8 Å².